The Labute approximate surface area is 136 Å². The molecule has 0 bridgehead atoms. The number of carboxylic acids is 2. The van der Waals surface area contributed by atoms with Crippen molar-refractivity contribution in [3.05, 3.63) is 0 Å². The number of carboxylic acid groups (broad SMARTS) is 2. The van der Waals surface area contributed by atoms with Gasteiger partial charge in [-0.3, -0.25) is 0 Å². The summed E-state index contributed by atoms with van der Waals surface area (Å²) < 4.78 is 0. The summed E-state index contributed by atoms with van der Waals surface area (Å²) in [4.78, 5) is 28.8. The van der Waals surface area contributed by atoms with E-state index >= 15 is 0 Å². The first-order chi connectivity index (χ1) is 10.8. The maximum Gasteiger partial charge on any atom is 0.332 e. The van der Waals surface area contributed by atoms with E-state index in [9.17, 15) is 14.4 Å². The summed E-state index contributed by atoms with van der Waals surface area (Å²) in [6, 6.07) is 0. The van der Waals surface area contributed by atoms with Gasteiger partial charge in [0.15, 0.2) is 6.29 Å². The third kappa shape index (κ3) is 15.2. The van der Waals surface area contributed by atoms with Crippen LogP contribution in [0.5, 0.6) is 0 Å². The number of hydrogen-bond donors (Lipinski definition) is 9. The van der Waals surface area contributed by atoms with Crippen molar-refractivity contribution in [2.75, 3.05) is 6.61 Å². The van der Waals surface area contributed by atoms with E-state index in [1.807, 2.05) is 0 Å². The predicted molar refractivity (Wildman–Crippen MR) is 75.8 cm³/mol. The molecule has 24 heavy (non-hydrogen) atoms. The van der Waals surface area contributed by atoms with Crippen LogP contribution in [0.4, 0.5) is 0 Å². The van der Waals surface area contributed by atoms with Crippen LogP contribution < -0.4 is 0 Å². The van der Waals surface area contributed by atoms with E-state index in [1.165, 1.54) is 13.8 Å². The smallest absolute Gasteiger partial charge is 0.332 e. The Morgan fingerprint density at radius 3 is 1.29 bits per heavy atom. The van der Waals surface area contributed by atoms with E-state index in [0.717, 1.165) is 0 Å². The van der Waals surface area contributed by atoms with Crippen LogP contribution in [0.25, 0.3) is 0 Å². The average Bonchev–Trinajstić information content (AvgIpc) is 2.52. The Bertz CT molecular complexity index is 338. The van der Waals surface area contributed by atoms with Crippen LogP contribution in [0.15, 0.2) is 0 Å². The molecule has 0 radical (unpaired) electrons. The molecule has 12 heteroatoms. The number of aliphatic hydroxyl groups excluding tert-OH is 7. The van der Waals surface area contributed by atoms with Crippen LogP contribution in [0.1, 0.15) is 13.8 Å². The molecule has 0 aromatic carbocycles. The van der Waals surface area contributed by atoms with Crippen LogP contribution in [-0.2, 0) is 14.4 Å². The third-order valence-electron chi connectivity index (χ3n) is 2.14. The van der Waals surface area contributed by atoms with Gasteiger partial charge in [0.2, 0.25) is 0 Å². The molecule has 0 heterocycles. The van der Waals surface area contributed by atoms with E-state index in [-0.39, 0.29) is 6.29 Å². The van der Waals surface area contributed by atoms with Crippen LogP contribution in [-0.4, -0.2) is 107 Å². The van der Waals surface area contributed by atoms with Gasteiger partial charge in [-0.25, -0.2) is 9.59 Å². The molecule has 12 nitrogen and oxygen atoms in total. The molecule has 6 atom stereocenters. The lowest BCUT2D eigenvalue weighted by Gasteiger charge is -2.22. The molecule has 0 fully saturated rings. The molecule has 9 N–H and O–H groups in total. The van der Waals surface area contributed by atoms with E-state index in [2.05, 4.69) is 0 Å². The lowest BCUT2D eigenvalue weighted by Crippen LogP contribution is -2.46. The van der Waals surface area contributed by atoms with Gasteiger partial charge in [-0.15, -0.1) is 0 Å². The highest BCUT2D eigenvalue weighted by Gasteiger charge is 2.29. The van der Waals surface area contributed by atoms with Gasteiger partial charge < -0.3 is 50.8 Å². The van der Waals surface area contributed by atoms with E-state index in [0.29, 0.717) is 0 Å². The molecule has 0 rings (SSSR count). The Morgan fingerprint density at radius 2 is 1.12 bits per heavy atom. The first kappa shape index (κ1) is 27.2. The minimum Gasteiger partial charge on any atom is -0.479 e. The molecule has 2 unspecified atom stereocenters. The molecule has 0 amide bonds. The van der Waals surface area contributed by atoms with Gasteiger partial charge in [0.25, 0.3) is 0 Å². The second-order valence-electron chi connectivity index (χ2n) is 4.39. The highest BCUT2D eigenvalue weighted by molar-refractivity contribution is 5.71. The fourth-order valence-electron chi connectivity index (χ4n) is 0.618. The summed E-state index contributed by atoms with van der Waals surface area (Å²) in [5.74, 6) is -2.37. The molecule has 0 saturated heterocycles. The maximum atomic E-state index is 9.90. The molecule has 0 aromatic rings. The fraction of sp³-hybridized carbons (Fsp3) is 0.750. The maximum absolute atomic E-state index is 9.90. The van der Waals surface area contributed by atoms with Crippen molar-refractivity contribution < 1.29 is 60.3 Å². The number of aldehydes is 1. The number of aliphatic hydroxyl groups is 7. The predicted octanol–water partition coefficient (Wildman–Crippen LogP) is -4.48. The van der Waals surface area contributed by atoms with Gasteiger partial charge >= 0.3 is 11.9 Å². The normalized spacial score (nSPS) is 17.4. The van der Waals surface area contributed by atoms with Crippen molar-refractivity contribution in [1.29, 1.82) is 0 Å². The van der Waals surface area contributed by atoms with Crippen molar-refractivity contribution in [2.45, 2.75) is 50.5 Å². The third-order valence-corrected chi connectivity index (χ3v) is 2.14. The SMILES string of the molecule is CC(O)C(=O)O.CC(O)C(=O)O.O=C[C@H](O)[C@@H](O)[C@H](O)[C@H](O)CO. The largest absolute Gasteiger partial charge is 0.479 e. The highest BCUT2D eigenvalue weighted by Crippen LogP contribution is 2.02. The molecule has 144 valence electrons. The first-order valence-electron chi connectivity index (χ1n) is 6.43. The lowest BCUT2D eigenvalue weighted by atomic mass is 10.0. The van der Waals surface area contributed by atoms with Crippen LogP contribution in [0, 0.1) is 0 Å². The van der Waals surface area contributed by atoms with E-state index < -0.39 is 55.2 Å². The quantitative estimate of drug-likeness (QED) is 0.195. The number of carbonyl (C=O) groups excluding carboxylic acids is 1. The van der Waals surface area contributed by atoms with Crippen molar-refractivity contribution in [3.63, 3.8) is 0 Å². The van der Waals surface area contributed by atoms with E-state index in [1.54, 1.807) is 0 Å². The van der Waals surface area contributed by atoms with Gasteiger partial charge in [-0.2, -0.15) is 0 Å². The zero-order valence-corrected chi connectivity index (χ0v) is 13.0. The van der Waals surface area contributed by atoms with Crippen molar-refractivity contribution in [1.82, 2.24) is 0 Å². The molecule has 0 aromatic heterocycles. The summed E-state index contributed by atoms with van der Waals surface area (Å²) >= 11 is 0. The monoisotopic (exact) mass is 360 g/mol. The summed E-state index contributed by atoms with van der Waals surface area (Å²) in [5.41, 5.74) is 0. The van der Waals surface area contributed by atoms with Crippen molar-refractivity contribution in [2.24, 2.45) is 0 Å². The van der Waals surface area contributed by atoms with Crippen LogP contribution >= 0.6 is 0 Å². The Kier molecular flexibility index (Phi) is 16.9. The van der Waals surface area contributed by atoms with Crippen molar-refractivity contribution in [3.8, 4) is 0 Å². The molecular formula is C12H24O12. The summed E-state index contributed by atoms with van der Waals surface area (Å²) in [5, 5.41) is 75.1. The van der Waals surface area contributed by atoms with E-state index in [4.69, 9.17) is 46.0 Å². The summed E-state index contributed by atoms with van der Waals surface area (Å²) in [7, 11) is 0. The number of aliphatic carboxylic acids is 2. The fourth-order valence-corrected chi connectivity index (χ4v) is 0.618. The molecule has 0 aliphatic carbocycles. The molecule has 0 aliphatic rings. The standard InChI is InChI=1S/C6H12O6.2C3H6O3/c7-1-3(9)5(11)6(12)4(10)2-8;2*1-2(4)3(5)6/h1,3-6,8-12H,2H2;2*2,4H,1H3,(H,5,6)/t3-,4+,5+,6+;;/m0../s1. The Hall–Kier alpha value is -1.67. The molecule has 0 spiro atoms. The first-order valence-corrected chi connectivity index (χ1v) is 6.43. The van der Waals surface area contributed by atoms with Gasteiger partial charge in [0.1, 0.15) is 36.6 Å². The second kappa shape index (κ2) is 14.9. The van der Waals surface area contributed by atoms with Gasteiger partial charge in [-0.05, 0) is 13.8 Å². The zero-order valence-electron chi connectivity index (χ0n) is 13.0. The molecule has 0 saturated carbocycles. The molecular weight excluding hydrogens is 336 g/mol. The zero-order chi connectivity index (χ0) is 20.0. The number of rotatable bonds is 7. The number of carbonyl (C=O) groups is 3. The second-order valence-corrected chi connectivity index (χ2v) is 4.39. The average molecular weight is 360 g/mol. The molecule has 0 aliphatic heterocycles. The van der Waals surface area contributed by atoms with Gasteiger partial charge in [0.05, 0.1) is 6.61 Å². The Morgan fingerprint density at radius 1 is 0.833 bits per heavy atom. The highest BCUT2D eigenvalue weighted by atomic mass is 16.4. The minimum atomic E-state index is -1.79. The van der Waals surface area contributed by atoms with Gasteiger partial charge in [-0.1, -0.05) is 0 Å². The Balaban J connectivity index is -0.000000309. The summed E-state index contributed by atoms with van der Waals surface area (Å²) in [6.07, 6.45) is -9.30. The lowest BCUT2D eigenvalue weighted by molar-refractivity contribution is -0.146. The minimum absolute atomic E-state index is 0.0258. The number of hydrogen-bond acceptors (Lipinski definition) is 10. The van der Waals surface area contributed by atoms with Crippen LogP contribution in [0.2, 0.25) is 0 Å². The summed E-state index contributed by atoms with van der Waals surface area (Å²) in [6.45, 7) is 1.63. The van der Waals surface area contributed by atoms with Crippen molar-refractivity contribution >= 4 is 18.2 Å². The van der Waals surface area contributed by atoms with Gasteiger partial charge in [0, 0.05) is 0 Å². The topological polar surface area (TPSA) is 233 Å². The van der Waals surface area contributed by atoms with Crippen LogP contribution in [0.3, 0.4) is 0 Å².